The second-order valence-corrected chi connectivity index (χ2v) is 5.93. The predicted octanol–water partition coefficient (Wildman–Crippen LogP) is 2.27. The molecule has 0 aromatic heterocycles. The lowest BCUT2D eigenvalue weighted by Crippen LogP contribution is -2.56. The highest BCUT2D eigenvalue weighted by Crippen LogP contribution is 2.32. The van der Waals surface area contributed by atoms with E-state index in [1.54, 1.807) is 6.92 Å². The Morgan fingerprint density at radius 1 is 1.44 bits per heavy atom. The zero-order valence-corrected chi connectivity index (χ0v) is 13.5. The zero-order valence-electron chi connectivity index (χ0n) is 13.5. The molecule has 9 heteroatoms. The molecular weight excluding hydrogens is 346 g/mol. The number of hydrogen-bond acceptors (Lipinski definition) is 4. The van der Waals surface area contributed by atoms with Gasteiger partial charge in [-0.2, -0.15) is 17.6 Å². The summed E-state index contributed by atoms with van der Waals surface area (Å²) in [6, 6.07) is 4.82. The van der Waals surface area contributed by atoms with Crippen molar-refractivity contribution in [3.63, 3.8) is 0 Å². The second-order valence-electron chi connectivity index (χ2n) is 5.93. The van der Waals surface area contributed by atoms with Gasteiger partial charge in [0.1, 0.15) is 11.9 Å². The van der Waals surface area contributed by atoms with E-state index in [0.717, 1.165) is 11.0 Å². The van der Waals surface area contributed by atoms with Crippen molar-refractivity contribution in [1.82, 2.24) is 4.90 Å². The monoisotopic (exact) mass is 365 g/mol. The first-order valence-corrected chi connectivity index (χ1v) is 7.74. The molecule has 2 rings (SSSR count). The maximum Gasteiger partial charge on any atom is 0.461 e. The Hall–Kier alpha value is -1.87. The number of benzene rings is 1. The molecule has 2 N–H and O–H groups in total. The van der Waals surface area contributed by atoms with Gasteiger partial charge in [0.25, 0.3) is 5.91 Å². The number of piperidine rings is 1. The Balaban J connectivity index is 2.21. The number of nitrogens with zero attached hydrogens (tertiary/aromatic N) is 1. The minimum absolute atomic E-state index is 0.0831. The number of likely N-dealkylation sites (tertiary alicyclic amines) is 1. The van der Waals surface area contributed by atoms with Gasteiger partial charge < -0.3 is 19.8 Å². The molecule has 1 aromatic rings. The van der Waals surface area contributed by atoms with Gasteiger partial charge in [-0.15, -0.1) is 0 Å². The van der Waals surface area contributed by atoms with Crippen molar-refractivity contribution in [3.05, 3.63) is 29.8 Å². The zero-order chi connectivity index (χ0) is 18.8. The number of amides is 1. The Morgan fingerprint density at radius 2 is 2.08 bits per heavy atom. The van der Waals surface area contributed by atoms with Crippen LogP contribution in [0.3, 0.4) is 0 Å². The van der Waals surface area contributed by atoms with Gasteiger partial charge in [0.15, 0.2) is 0 Å². The lowest BCUT2D eigenvalue weighted by molar-refractivity contribution is -0.253. The lowest BCUT2D eigenvalue weighted by atomic mass is 9.86. The van der Waals surface area contributed by atoms with Crippen molar-refractivity contribution in [1.29, 1.82) is 0 Å². The van der Waals surface area contributed by atoms with Crippen molar-refractivity contribution < 1.29 is 37.3 Å². The fraction of sp³-hybridized carbons (Fsp3) is 0.562. The molecule has 0 saturated carbocycles. The van der Waals surface area contributed by atoms with E-state index in [1.807, 2.05) is 0 Å². The van der Waals surface area contributed by atoms with Crippen LogP contribution >= 0.6 is 0 Å². The van der Waals surface area contributed by atoms with E-state index >= 15 is 0 Å². The summed E-state index contributed by atoms with van der Waals surface area (Å²) < 4.78 is 55.0. The summed E-state index contributed by atoms with van der Waals surface area (Å²) in [5.74, 6) is -1.43. The Morgan fingerprint density at radius 3 is 2.64 bits per heavy atom. The summed E-state index contributed by atoms with van der Waals surface area (Å²) in [4.78, 5) is 13.7. The smallest absolute Gasteiger partial charge is 0.427 e. The van der Waals surface area contributed by atoms with Crippen LogP contribution in [-0.2, 0) is 0 Å². The molecule has 1 aliphatic rings. The number of carbonyl (C=O) groups is 1. The van der Waals surface area contributed by atoms with Crippen LogP contribution in [0.4, 0.5) is 17.6 Å². The first-order chi connectivity index (χ1) is 11.6. The van der Waals surface area contributed by atoms with Gasteiger partial charge in [-0.05, 0) is 25.0 Å². The third kappa shape index (κ3) is 4.04. The second kappa shape index (κ2) is 7.17. The third-order valence-corrected chi connectivity index (χ3v) is 4.35. The van der Waals surface area contributed by atoms with Crippen LogP contribution < -0.4 is 4.74 Å². The minimum Gasteiger partial charge on any atom is -0.427 e. The Kier molecular flexibility index (Phi) is 5.58. The van der Waals surface area contributed by atoms with Crippen LogP contribution in [-0.4, -0.2) is 58.3 Å². The fourth-order valence-electron chi connectivity index (χ4n) is 2.66. The molecule has 1 aliphatic heterocycles. The van der Waals surface area contributed by atoms with Crippen LogP contribution in [0.15, 0.2) is 24.3 Å². The molecule has 0 bridgehead atoms. The molecular formula is C16H19F4NO4. The van der Waals surface area contributed by atoms with Gasteiger partial charge in [-0.3, -0.25) is 4.79 Å². The first kappa shape index (κ1) is 19.5. The van der Waals surface area contributed by atoms with Crippen LogP contribution in [0.5, 0.6) is 5.75 Å². The van der Waals surface area contributed by atoms with E-state index in [1.165, 1.54) is 18.2 Å². The average molecular weight is 365 g/mol. The molecule has 0 radical (unpaired) electrons. The normalized spacial score (nSPS) is 24.5. The van der Waals surface area contributed by atoms with Crippen LogP contribution in [0.1, 0.15) is 30.1 Å². The van der Waals surface area contributed by atoms with Crippen molar-refractivity contribution in [2.45, 2.75) is 44.0 Å². The van der Waals surface area contributed by atoms with Crippen molar-refractivity contribution >= 4 is 5.91 Å². The molecule has 0 spiro atoms. The van der Waals surface area contributed by atoms with E-state index < -0.39 is 35.9 Å². The largest absolute Gasteiger partial charge is 0.461 e. The van der Waals surface area contributed by atoms with Crippen molar-refractivity contribution in [2.24, 2.45) is 0 Å². The van der Waals surface area contributed by atoms with Crippen molar-refractivity contribution in [3.8, 4) is 5.75 Å². The van der Waals surface area contributed by atoms with Gasteiger partial charge in [0.2, 0.25) is 0 Å². The maximum absolute atomic E-state index is 13.2. The Labute approximate surface area is 141 Å². The number of alkyl halides is 4. The molecule has 5 nitrogen and oxygen atoms in total. The lowest BCUT2D eigenvalue weighted by Gasteiger charge is -2.41. The van der Waals surface area contributed by atoms with Crippen LogP contribution in [0.2, 0.25) is 0 Å². The standard InChI is InChI=1S/C16H19F4NO4/c1-2-15(24)7-8-21(9-12(15)22)13(23)10-5-3-4-6-11(10)25-16(19,20)14(17)18/h3-6,12,14,22,24H,2,7-9H2,1H3/t12-,15-/m0/s1. The molecule has 1 saturated heterocycles. The third-order valence-electron chi connectivity index (χ3n) is 4.35. The number of aliphatic hydroxyl groups is 2. The van der Waals surface area contributed by atoms with E-state index in [2.05, 4.69) is 4.74 Å². The van der Waals surface area contributed by atoms with E-state index in [9.17, 15) is 32.6 Å². The highest BCUT2D eigenvalue weighted by atomic mass is 19.3. The molecule has 1 amide bonds. The van der Waals surface area contributed by atoms with Crippen LogP contribution in [0, 0.1) is 0 Å². The van der Waals surface area contributed by atoms with Crippen LogP contribution in [0.25, 0.3) is 0 Å². The topological polar surface area (TPSA) is 70.0 Å². The SMILES string of the molecule is CC[C@]1(O)CCN(C(=O)c2ccccc2OC(F)(F)C(F)F)C[C@@H]1O. The maximum atomic E-state index is 13.2. The number of hydrogen-bond donors (Lipinski definition) is 2. The number of ether oxygens (including phenoxy) is 1. The molecule has 2 atom stereocenters. The summed E-state index contributed by atoms with van der Waals surface area (Å²) in [5, 5.41) is 20.2. The molecule has 1 fully saturated rings. The van der Waals surface area contributed by atoms with E-state index in [0.29, 0.717) is 0 Å². The number of β-amino-alcohol motifs (C(OH)–C–C–N with tert-alkyl or cyclic N) is 1. The summed E-state index contributed by atoms with van der Waals surface area (Å²) in [6.45, 7) is 1.57. The first-order valence-electron chi connectivity index (χ1n) is 7.74. The summed E-state index contributed by atoms with van der Waals surface area (Å²) in [5.41, 5.74) is -1.65. The van der Waals surface area contributed by atoms with Gasteiger partial charge in [0, 0.05) is 13.1 Å². The van der Waals surface area contributed by atoms with Gasteiger partial charge in [0.05, 0.1) is 11.2 Å². The predicted molar refractivity (Wildman–Crippen MR) is 79.8 cm³/mol. The van der Waals surface area contributed by atoms with Gasteiger partial charge in [-0.1, -0.05) is 19.1 Å². The average Bonchev–Trinajstić information content (AvgIpc) is 2.57. The minimum atomic E-state index is -4.74. The highest BCUT2D eigenvalue weighted by Gasteiger charge is 2.45. The van der Waals surface area contributed by atoms with Gasteiger partial charge >= 0.3 is 12.5 Å². The van der Waals surface area contributed by atoms with Crippen molar-refractivity contribution in [2.75, 3.05) is 13.1 Å². The molecule has 0 aliphatic carbocycles. The number of carbonyl (C=O) groups excluding carboxylic acids is 1. The highest BCUT2D eigenvalue weighted by molar-refractivity contribution is 5.97. The van der Waals surface area contributed by atoms with E-state index in [4.69, 9.17) is 0 Å². The molecule has 25 heavy (non-hydrogen) atoms. The number of halogens is 4. The van der Waals surface area contributed by atoms with E-state index in [-0.39, 0.29) is 31.5 Å². The number of aliphatic hydroxyl groups excluding tert-OH is 1. The number of para-hydroxylation sites is 1. The Bertz CT molecular complexity index is 628. The fourth-order valence-corrected chi connectivity index (χ4v) is 2.66. The molecule has 140 valence electrons. The summed E-state index contributed by atoms with van der Waals surface area (Å²) >= 11 is 0. The molecule has 1 aromatic carbocycles. The summed E-state index contributed by atoms with van der Waals surface area (Å²) in [6.07, 6.45) is -9.60. The molecule has 1 heterocycles. The van der Waals surface area contributed by atoms with Gasteiger partial charge in [-0.25, -0.2) is 0 Å². The summed E-state index contributed by atoms with van der Waals surface area (Å²) in [7, 11) is 0. The quantitative estimate of drug-likeness (QED) is 0.786. The number of rotatable bonds is 5. The molecule has 0 unspecified atom stereocenters.